The molecule has 208 valence electrons. The first-order chi connectivity index (χ1) is 19.2. The van der Waals surface area contributed by atoms with Gasteiger partial charge >= 0.3 is 0 Å². The number of carbonyl (C=O) groups excluding carboxylic acids is 1. The summed E-state index contributed by atoms with van der Waals surface area (Å²) in [5, 5.41) is 3.31. The third-order valence-corrected chi connectivity index (χ3v) is 8.07. The summed E-state index contributed by atoms with van der Waals surface area (Å²) in [6.07, 6.45) is 0. The Bertz CT molecular complexity index is 1560. The van der Waals surface area contributed by atoms with Gasteiger partial charge in [-0.2, -0.15) is 0 Å². The smallest absolute Gasteiger partial charge is 0.264 e. The summed E-state index contributed by atoms with van der Waals surface area (Å²) >= 11 is 6.02. The molecule has 10 heteroatoms. The van der Waals surface area contributed by atoms with E-state index in [9.17, 15) is 13.2 Å². The largest absolute Gasteiger partial charge is 0.497 e. The Hall–Kier alpha value is -4.21. The van der Waals surface area contributed by atoms with Crippen LogP contribution in [0.4, 0.5) is 11.4 Å². The minimum absolute atomic E-state index is 0.0969. The molecule has 0 radical (unpaired) electrons. The van der Waals surface area contributed by atoms with E-state index in [4.69, 9.17) is 25.8 Å². The van der Waals surface area contributed by atoms with Crippen LogP contribution in [0.25, 0.3) is 0 Å². The van der Waals surface area contributed by atoms with Crippen molar-refractivity contribution in [1.29, 1.82) is 0 Å². The first-order valence-electron chi connectivity index (χ1n) is 12.3. The molecule has 1 N–H and O–H groups in total. The standard InChI is InChI=1S/C30H29ClN2O6S/c1-21-4-15-27(16-5-21)40(35,36)33(19-22-6-8-23(31)9-7-22)24-10-12-25(13-11-24)39-20-30(34)32-28-17-14-26(37-2)18-29(28)38-3/h4-18H,19-20H2,1-3H3,(H,32,34). The fourth-order valence-corrected chi connectivity index (χ4v) is 5.43. The summed E-state index contributed by atoms with van der Waals surface area (Å²) < 4.78 is 44.8. The van der Waals surface area contributed by atoms with Crippen LogP contribution in [0.1, 0.15) is 11.1 Å². The van der Waals surface area contributed by atoms with Crippen molar-refractivity contribution >= 4 is 38.9 Å². The van der Waals surface area contributed by atoms with Gasteiger partial charge in [-0.25, -0.2) is 8.42 Å². The molecule has 0 fully saturated rings. The number of aryl methyl sites for hydroxylation is 1. The number of amides is 1. The minimum Gasteiger partial charge on any atom is -0.497 e. The van der Waals surface area contributed by atoms with Crippen molar-refractivity contribution in [2.24, 2.45) is 0 Å². The molecule has 0 heterocycles. The van der Waals surface area contributed by atoms with Gasteiger partial charge in [0.1, 0.15) is 17.2 Å². The Morgan fingerprint density at radius 2 is 1.50 bits per heavy atom. The van der Waals surface area contributed by atoms with E-state index in [1.54, 1.807) is 98.1 Å². The highest BCUT2D eigenvalue weighted by molar-refractivity contribution is 7.92. The zero-order valence-corrected chi connectivity index (χ0v) is 23.8. The van der Waals surface area contributed by atoms with Crippen LogP contribution in [-0.4, -0.2) is 35.2 Å². The number of halogens is 1. The van der Waals surface area contributed by atoms with Crippen LogP contribution < -0.4 is 23.8 Å². The van der Waals surface area contributed by atoms with Crippen LogP contribution in [0.3, 0.4) is 0 Å². The Labute approximate surface area is 239 Å². The van der Waals surface area contributed by atoms with Crippen molar-refractivity contribution in [3.8, 4) is 17.2 Å². The van der Waals surface area contributed by atoms with Crippen molar-refractivity contribution in [3.63, 3.8) is 0 Å². The fourth-order valence-electron chi connectivity index (χ4n) is 3.85. The lowest BCUT2D eigenvalue weighted by molar-refractivity contribution is -0.118. The van der Waals surface area contributed by atoms with Gasteiger partial charge in [0.2, 0.25) is 0 Å². The van der Waals surface area contributed by atoms with Crippen molar-refractivity contribution in [2.45, 2.75) is 18.4 Å². The summed E-state index contributed by atoms with van der Waals surface area (Å²) in [4.78, 5) is 12.7. The van der Waals surface area contributed by atoms with E-state index in [-0.39, 0.29) is 24.0 Å². The number of rotatable bonds is 11. The average molecular weight is 581 g/mol. The Kier molecular flexibility index (Phi) is 9.19. The minimum atomic E-state index is -3.89. The highest BCUT2D eigenvalue weighted by Crippen LogP contribution is 2.30. The van der Waals surface area contributed by atoms with Crippen molar-refractivity contribution in [2.75, 3.05) is 30.4 Å². The molecule has 0 spiro atoms. The third kappa shape index (κ3) is 7.05. The Morgan fingerprint density at radius 1 is 0.850 bits per heavy atom. The maximum Gasteiger partial charge on any atom is 0.264 e. The first kappa shape index (κ1) is 28.8. The SMILES string of the molecule is COc1ccc(NC(=O)COc2ccc(N(Cc3ccc(Cl)cc3)S(=O)(=O)c3ccc(C)cc3)cc2)c(OC)c1. The second-order valence-electron chi connectivity index (χ2n) is 8.85. The van der Waals surface area contributed by atoms with Crippen LogP contribution in [0, 0.1) is 6.92 Å². The number of anilines is 2. The molecule has 1 amide bonds. The van der Waals surface area contributed by atoms with E-state index >= 15 is 0 Å². The molecule has 40 heavy (non-hydrogen) atoms. The first-order valence-corrected chi connectivity index (χ1v) is 14.1. The average Bonchev–Trinajstić information content (AvgIpc) is 2.96. The van der Waals surface area contributed by atoms with Gasteiger partial charge in [-0.1, -0.05) is 41.4 Å². The molecule has 0 saturated carbocycles. The van der Waals surface area contributed by atoms with Gasteiger partial charge in [0.05, 0.1) is 37.0 Å². The molecule has 4 aromatic rings. The quantitative estimate of drug-likeness (QED) is 0.231. The Balaban J connectivity index is 1.50. The molecule has 0 atom stereocenters. The second-order valence-corrected chi connectivity index (χ2v) is 11.1. The number of hydrogen-bond donors (Lipinski definition) is 1. The summed E-state index contributed by atoms with van der Waals surface area (Å²) in [7, 11) is -0.849. The molecule has 0 aliphatic rings. The van der Waals surface area contributed by atoms with Crippen molar-refractivity contribution in [1.82, 2.24) is 0 Å². The summed E-state index contributed by atoms with van der Waals surface area (Å²) in [5.41, 5.74) is 2.65. The summed E-state index contributed by atoms with van der Waals surface area (Å²) in [6, 6.07) is 25.3. The molecule has 0 aliphatic heterocycles. The number of nitrogens with zero attached hydrogens (tertiary/aromatic N) is 1. The highest BCUT2D eigenvalue weighted by atomic mass is 35.5. The van der Waals surface area contributed by atoms with Gasteiger partial charge in [-0.3, -0.25) is 9.10 Å². The van der Waals surface area contributed by atoms with Crippen molar-refractivity contribution < 1.29 is 27.4 Å². The number of nitrogens with one attached hydrogen (secondary N) is 1. The van der Waals surface area contributed by atoms with Gasteiger partial charge in [-0.15, -0.1) is 0 Å². The molecule has 0 saturated heterocycles. The van der Waals surface area contributed by atoms with Crippen LogP contribution in [-0.2, 0) is 21.4 Å². The second kappa shape index (κ2) is 12.8. The molecular weight excluding hydrogens is 552 g/mol. The monoisotopic (exact) mass is 580 g/mol. The van der Waals surface area contributed by atoms with Gasteiger partial charge in [0, 0.05) is 11.1 Å². The van der Waals surface area contributed by atoms with E-state index in [1.807, 2.05) is 6.92 Å². The third-order valence-electron chi connectivity index (χ3n) is 6.03. The summed E-state index contributed by atoms with van der Waals surface area (Å²) in [6.45, 7) is 1.73. The molecule has 4 aromatic carbocycles. The number of sulfonamides is 1. The molecule has 8 nitrogen and oxygen atoms in total. The fraction of sp³-hybridized carbons (Fsp3) is 0.167. The van der Waals surface area contributed by atoms with Crippen LogP contribution >= 0.6 is 11.6 Å². The maximum absolute atomic E-state index is 13.7. The maximum atomic E-state index is 13.7. The predicted octanol–water partition coefficient (Wildman–Crippen LogP) is 6.08. The Morgan fingerprint density at radius 3 is 2.12 bits per heavy atom. The van der Waals surface area contributed by atoms with E-state index in [0.29, 0.717) is 33.6 Å². The number of ether oxygens (including phenoxy) is 3. The van der Waals surface area contributed by atoms with Gasteiger partial charge in [-0.05, 0) is 73.2 Å². The zero-order chi connectivity index (χ0) is 28.7. The summed E-state index contributed by atoms with van der Waals surface area (Å²) in [5.74, 6) is 1.06. The predicted molar refractivity (Wildman–Crippen MR) is 156 cm³/mol. The zero-order valence-electron chi connectivity index (χ0n) is 22.3. The lowest BCUT2D eigenvalue weighted by atomic mass is 10.2. The molecule has 0 aliphatic carbocycles. The molecule has 0 bridgehead atoms. The number of carbonyl (C=O) groups is 1. The molecule has 4 rings (SSSR count). The molecule has 0 aromatic heterocycles. The van der Waals surface area contributed by atoms with E-state index in [1.165, 1.54) is 11.4 Å². The van der Waals surface area contributed by atoms with Gasteiger partial charge in [0.15, 0.2) is 6.61 Å². The number of methoxy groups -OCH3 is 2. The highest BCUT2D eigenvalue weighted by Gasteiger charge is 2.25. The topological polar surface area (TPSA) is 94.2 Å². The van der Waals surface area contributed by atoms with Gasteiger partial charge in [0.25, 0.3) is 15.9 Å². The number of hydrogen-bond acceptors (Lipinski definition) is 6. The molecule has 0 unspecified atom stereocenters. The van der Waals surface area contributed by atoms with E-state index < -0.39 is 10.0 Å². The van der Waals surface area contributed by atoms with Crippen LogP contribution in [0.2, 0.25) is 5.02 Å². The lowest BCUT2D eigenvalue weighted by Crippen LogP contribution is -2.30. The van der Waals surface area contributed by atoms with Gasteiger partial charge < -0.3 is 19.5 Å². The number of benzene rings is 4. The van der Waals surface area contributed by atoms with E-state index in [0.717, 1.165) is 11.1 Å². The van der Waals surface area contributed by atoms with Crippen LogP contribution in [0.5, 0.6) is 17.2 Å². The molecular formula is C30H29ClN2O6S. The van der Waals surface area contributed by atoms with E-state index in [2.05, 4.69) is 5.32 Å². The van der Waals surface area contributed by atoms with Crippen LogP contribution in [0.15, 0.2) is 95.9 Å². The van der Waals surface area contributed by atoms with Crippen molar-refractivity contribution in [3.05, 3.63) is 107 Å². The normalized spacial score (nSPS) is 11.0. The lowest BCUT2D eigenvalue weighted by Gasteiger charge is -2.25.